The van der Waals surface area contributed by atoms with E-state index in [0.717, 1.165) is 22.4 Å². The minimum Gasteiger partial charge on any atom is -0.487 e. The molecule has 0 aliphatic rings. The minimum atomic E-state index is 0.503. The number of ether oxygens (including phenoxy) is 1. The van der Waals surface area contributed by atoms with Crippen molar-refractivity contribution in [2.75, 3.05) is 11.5 Å². The number of hydrogen-bond donors (Lipinski definition) is 2. The van der Waals surface area contributed by atoms with Crippen LogP contribution in [-0.2, 0) is 6.61 Å². The Bertz CT molecular complexity index is 769. The third kappa shape index (κ3) is 3.20. The van der Waals surface area contributed by atoms with Crippen LogP contribution >= 0.6 is 0 Å². The first kappa shape index (κ1) is 14.0. The molecule has 3 aromatic rings. The van der Waals surface area contributed by atoms with Gasteiger partial charge in [0.1, 0.15) is 12.4 Å². The highest BCUT2D eigenvalue weighted by Crippen LogP contribution is 2.29. The van der Waals surface area contributed by atoms with E-state index in [1.54, 1.807) is 0 Å². The Morgan fingerprint density at radius 2 is 1.50 bits per heavy atom. The lowest BCUT2D eigenvalue weighted by molar-refractivity contribution is 0.308. The lowest BCUT2D eigenvalue weighted by Gasteiger charge is -2.11. The standard InChI is InChI=1S/C19H18N2O/c20-17-8-4-7-15(11-17)16-9-10-19(18(21)12-16)22-13-14-5-2-1-3-6-14/h1-12H,13,20-21H2. The molecule has 3 heteroatoms. The number of hydrogen-bond acceptors (Lipinski definition) is 3. The van der Waals surface area contributed by atoms with Gasteiger partial charge in [-0.05, 0) is 41.0 Å². The number of nitrogen functional groups attached to an aromatic ring is 2. The summed E-state index contributed by atoms with van der Waals surface area (Å²) < 4.78 is 5.79. The molecule has 0 atom stereocenters. The van der Waals surface area contributed by atoms with Crippen LogP contribution in [0.4, 0.5) is 11.4 Å². The highest BCUT2D eigenvalue weighted by molar-refractivity contribution is 5.72. The third-order valence-corrected chi connectivity index (χ3v) is 3.47. The molecule has 0 bridgehead atoms. The van der Waals surface area contributed by atoms with Gasteiger partial charge in [-0.25, -0.2) is 0 Å². The summed E-state index contributed by atoms with van der Waals surface area (Å²) >= 11 is 0. The molecule has 0 spiro atoms. The highest BCUT2D eigenvalue weighted by atomic mass is 16.5. The van der Waals surface area contributed by atoms with Crippen LogP contribution in [0, 0.1) is 0 Å². The molecule has 3 rings (SSSR count). The van der Waals surface area contributed by atoms with E-state index in [9.17, 15) is 0 Å². The van der Waals surface area contributed by atoms with Crippen molar-refractivity contribution in [3.63, 3.8) is 0 Å². The molecule has 0 saturated heterocycles. The summed E-state index contributed by atoms with van der Waals surface area (Å²) in [7, 11) is 0. The Hall–Kier alpha value is -2.94. The summed E-state index contributed by atoms with van der Waals surface area (Å²) in [5, 5.41) is 0. The van der Waals surface area contributed by atoms with E-state index in [0.29, 0.717) is 18.0 Å². The maximum Gasteiger partial charge on any atom is 0.142 e. The van der Waals surface area contributed by atoms with Gasteiger partial charge in [0.2, 0.25) is 0 Å². The van der Waals surface area contributed by atoms with Gasteiger partial charge in [0.15, 0.2) is 0 Å². The van der Waals surface area contributed by atoms with Crippen molar-refractivity contribution in [2.45, 2.75) is 6.61 Å². The maximum atomic E-state index is 6.10. The zero-order chi connectivity index (χ0) is 15.4. The fourth-order valence-corrected chi connectivity index (χ4v) is 2.31. The highest BCUT2D eigenvalue weighted by Gasteiger charge is 2.05. The zero-order valence-corrected chi connectivity index (χ0v) is 12.2. The molecule has 0 aliphatic heterocycles. The molecule has 0 radical (unpaired) electrons. The van der Waals surface area contributed by atoms with Crippen LogP contribution in [0.1, 0.15) is 5.56 Å². The Balaban J connectivity index is 1.78. The molecular formula is C19H18N2O. The second kappa shape index (κ2) is 6.22. The minimum absolute atomic E-state index is 0.503. The van der Waals surface area contributed by atoms with E-state index in [1.165, 1.54) is 0 Å². The molecule has 3 nitrogen and oxygen atoms in total. The summed E-state index contributed by atoms with van der Waals surface area (Å²) in [6.07, 6.45) is 0. The molecular weight excluding hydrogens is 272 g/mol. The smallest absolute Gasteiger partial charge is 0.142 e. The van der Waals surface area contributed by atoms with Gasteiger partial charge in [-0.2, -0.15) is 0 Å². The monoisotopic (exact) mass is 290 g/mol. The molecule has 0 unspecified atom stereocenters. The summed E-state index contributed by atoms with van der Waals surface area (Å²) in [6, 6.07) is 23.6. The van der Waals surface area contributed by atoms with Crippen LogP contribution in [-0.4, -0.2) is 0 Å². The number of anilines is 2. The van der Waals surface area contributed by atoms with Gasteiger partial charge in [-0.3, -0.25) is 0 Å². The first-order chi connectivity index (χ1) is 10.7. The van der Waals surface area contributed by atoms with Gasteiger partial charge in [-0.15, -0.1) is 0 Å². The molecule has 0 heterocycles. The van der Waals surface area contributed by atoms with Crippen molar-refractivity contribution in [1.29, 1.82) is 0 Å². The van der Waals surface area contributed by atoms with E-state index in [-0.39, 0.29) is 0 Å². The third-order valence-electron chi connectivity index (χ3n) is 3.47. The summed E-state index contributed by atoms with van der Waals surface area (Å²) in [6.45, 7) is 0.503. The number of rotatable bonds is 4. The predicted octanol–water partition coefficient (Wildman–Crippen LogP) is 4.10. The van der Waals surface area contributed by atoms with E-state index < -0.39 is 0 Å². The van der Waals surface area contributed by atoms with Crippen LogP contribution in [0.5, 0.6) is 5.75 Å². The zero-order valence-electron chi connectivity index (χ0n) is 12.2. The molecule has 110 valence electrons. The van der Waals surface area contributed by atoms with Crippen LogP contribution < -0.4 is 16.2 Å². The van der Waals surface area contributed by atoms with Gasteiger partial charge in [0.25, 0.3) is 0 Å². The Morgan fingerprint density at radius 3 is 2.23 bits per heavy atom. The predicted molar refractivity (Wildman–Crippen MR) is 91.5 cm³/mol. The molecule has 22 heavy (non-hydrogen) atoms. The Kier molecular flexibility index (Phi) is 3.97. The van der Waals surface area contributed by atoms with E-state index >= 15 is 0 Å². The van der Waals surface area contributed by atoms with Crippen molar-refractivity contribution >= 4 is 11.4 Å². The molecule has 0 aliphatic carbocycles. The number of nitrogens with two attached hydrogens (primary N) is 2. The largest absolute Gasteiger partial charge is 0.487 e. The quantitative estimate of drug-likeness (QED) is 0.711. The van der Waals surface area contributed by atoms with Crippen molar-refractivity contribution in [3.05, 3.63) is 78.4 Å². The summed E-state index contributed by atoms with van der Waals surface area (Å²) in [5.41, 5.74) is 16.5. The van der Waals surface area contributed by atoms with Crippen molar-refractivity contribution in [3.8, 4) is 16.9 Å². The van der Waals surface area contributed by atoms with Crippen LogP contribution in [0.25, 0.3) is 11.1 Å². The van der Waals surface area contributed by atoms with Crippen molar-refractivity contribution < 1.29 is 4.74 Å². The number of benzene rings is 3. The lowest BCUT2D eigenvalue weighted by Crippen LogP contribution is -1.99. The molecule has 0 amide bonds. The van der Waals surface area contributed by atoms with Gasteiger partial charge < -0.3 is 16.2 Å². The molecule has 0 fully saturated rings. The van der Waals surface area contributed by atoms with Crippen molar-refractivity contribution in [1.82, 2.24) is 0 Å². The fourth-order valence-electron chi connectivity index (χ4n) is 2.31. The first-order valence-electron chi connectivity index (χ1n) is 7.14. The van der Waals surface area contributed by atoms with Crippen LogP contribution in [0.2, 0.25) is 0 Å². The summed E-state index contributed by atoms with van der Waals surface area (Å²) in [4.78, 5) is 0. The molecule has 3 aromatic carbocycles. The van der Waals surface area contributed by atoms with Crippen molar-refractivity contribution in [2.24, 2.45) is 0 Å². The second-order valence-corrected chi connectivity index (χ2v) is 5.15. The van der Waals surface area contributed by atoms with E-state index in [2.05, 4.69) is 0 Å². The fraction of sp³-hybridized carbons (Fsp3) is 0.0526. The Morgan fingerprint density at radius 1 is 0.727 bits per heavy atom. The molecule has 4 N–H and O–H groups in total. The van der Waals surface area contributed by atoms with Crippen LogP contribution in [0.3, 0.4) is 0 Å². The first-order valence-corrected chi connectivity index (χ1v) is 7.14. The van der Waals surface area contributed by atoms with Gasteiger partial charge in [0.05, 0.1) is 5.69 Å². The van der Waals surface area contributed by atoms with Gasteiger partial charge in [-0.1, -0.05) is 48.5 Å². The van der Waals surface area contributed by atoms with Gasteiger partial charge in [0, 0.05) is 5.69 Å². The molecule has 0 saturated carbocycles. The maximum absolute atomic E-state index is 6.10. The summed E-state index contributed by atoms with van der Waals surface area (Å²) in [5.74, 6) is 0.691. The average Bonchev–Trinajstić information content (AvgIpc) is 2.54. The topological polar surface area (TPSA) is 61.3 Å². The SMILES string of the molecule is Nc1cccc(-c2ccc(OCc3ccccc3)c(N)c2)c1. The lowest BCUT2D eigenvalue weighted by atomic mass is 10.0. The second-order valence-electron chi connectivity index (χ2n) is 5.15. The van der Waals surface area contributed by atoms with E-state index in [4.69, 9.17) is 16.2 Å². The van der Waals surface area contributed by atoms with E-state index in [1.807, 2.05) is 72.8 Å². The molecule has 0 aromatic heterocycles. The Labute approximate surface area is 130 Å². The normalized spacial score (nSPS) is 10.4. The van der Waals surface area contributed by atoms with Gasteiger partial charge >= 0.3 is 0 Å². The average molecular weight is 290 g/mol. The van der Waals surface area contributed by atoms with Crippen LogP contribution in [0.15, 0.2) is 72.8 Å².